The van der Waals surface area contributed by atoms with E-state index in [-0.39, 0.29) is 6.10 Å². The van der Waals surface area contributed by atoms with Crippen LogP contribution in [-0.4, -0.2) is 43.3 Å². The molecule has 1 N–H and O–H groups in total. The van der Waals surface area contributed by atoms with Gasteiger partial charge in [0.1, 0.15) is 11.9 Å². The maximum absolute atomic E-state index is 12.0. The van der Waals surface area contributed by atoms with Crippen molar-refractivity contribution in [1.82, 2.24) is 4.90 Å². The predicted molar refractivity (Wildman–Crippen MR) is 101 cm³/mol. The van der Waals surface area contributed by atoms with Gasteiger partial charge >= 0.3 is 6.09 Å². The van der Waals surface area contributed by atoms with Crippen molar-refractivity contribution in [1.29, 1.82) is 0 Å². The largest absolute Gasteiger partial charge is 0.494 e. The summed E-state index contributed by atoms with van der Waals surface area (Å²) in [4.78, 5) is 14.4. The predicted octanol–water partition coefficient (Wildman–Crippen LogP) is 4.68. The van der Waals surface area contributed by atoms with E-state index >= 15 is 0 Å². The smallest absolute Gasteiger partial charge is 0.411 e. The third kappa shape index (κ3) is 7.78. The summed E-state index contributed by atoms with van der Waals surface area (Å²) in [5.41, 5.74) is 0.719. The Bertz CT molecular complexity index is 498. The molecular weight excluding hydrogens is 316 g/mol. The zero-order valence-electron chi connectivity index (χ0n) is 15.6. The Labute approximate surface area is 151 Å². The first kappa shape index (κ1) is 19.6. The van der Waals surface area contributed by atoms with Gasteiger partial charge in [0.05, 0.1) is 6.61 Å². The molecule has 1 fully saturated rings. The zero-order valence-corrected chi connectivity index (χ0v) is 15.6. The van der Waals surface area contributed by atoms with Gasteiger partial charge in [0.15, 0.2) is 0 Å². The number of carbonyl (C=O) groups is 1. The summed E-state index contributed by atoms with van der Waals surface area (Å²) in [5, 5.41) is 2.78. The van der Waals surface area contributed by atoms with E-state index in [9.17, 15) is 4.79 Å². The van der Waals surface area contributed by atoms with Gasteiger partial charge in [-0.2, -0.15) is 0 Å². The van der Waals surface area contributed by atoms with Gasteiger partial charge in [0.2, 0.25) is 0 Å². The lowest BCUT2D eigenvalue weighted by atomic mass is 10.1. The molecule has 25 heavy (non-hydrogen) atoms. The van der Waals surface area contributed by atoms with Crippen LogP contribution in [0.5, 0.6) is 5.75 Å². The molecule has 1 aromatic carbocycles. The number of likely N-dealkylation sites (tertiary alicyclic amines) is 1. The Morgan fingerprint density at radius 1 is 1.16 bits per heavy atom. The highest BCUT2D eigenvalue weighted by Gasteiger charge is 2.16. The van der Waals surface area contributed by atoms with Gasteiger partial charge < -0.3 is 9.47 Å². The third-order valence-corrected chi connectivity index (χ3v) is 4.39. The molecule has 0 bridgehead atoms. The summed E-state index contributed by atoms with van der Waals surface area (Å²) < 4.78 is 11.1. The highest BCUT2D eigenvalue weighted by atomic mass is 16.6. The minimum atomic E-state index is -0.402. The maximum Gasteiger partial charge on any atom is 0.411 e. The first-order chi connectivity index (χ1) is 12.2. The molecule has 140 valence electrons. The SMILES string of the molecule is CCCCCOc1ccc(NC(=O)O[C@H](C)CN2CCCCC2)cc1. The van der Waals surface area contributed by atoms with Crippen LogP contribution in [0.2, 0.25) is 0 Å². The Kier molecular flexibility index (Phi) is 8.60. The molecule has 1 amide bonds. The van der Waals surface area contributed by atoms with Gasteiger partial charge in [-0.05, 0) is 63.5 Å². The summed E-state index contributed by atoms with van der Waals surface area (Å²) in [7, 11) is 0. The summed E-state index contributed by atoms with van der Waals surface area (Å²) in [6.45, 7) is 7.87. The fourth-order valence-corrected chi connectivity index (χ4v) is 3.05. The van der Waals surface area contributed by atoms with Gasteiger partial charge in [-0.15, -0.1) is 0 Å². The van der Waals surface area contributed by atoms with E-state index in [2.05, 4.69) is 17.1 Å². The number of hydrogen-bond donors (Lipinski definition) is 1. The minimum Gasteiger partial charge on any atom is -0.494 e. The lowest BCUT2D eigenvalue weighted by molar-refractivity contribution is 0.0833. The van der Waals surface area contributed by atoms with E-state index in [0.29, 0.717) is 0 Å². The first-order valence-corrected chi connectivity index (χ1v) is 9.60. The van der Waals surface area contributed by atoms with Crippen LogP contribution < -0.4 is 10.1 Å². The van der Waals surface area contributed by atoms with Gasteiger partial charge in [0.25, 0.3) is 0 Å². The van der Waals surface area contributed by atoms with Crippen LogP contribution in [0, 0.1) is 0 Å². The number of hydrogen-bond acceptors (Lipinski definition) is 4. The third-order valence-electron chi connectivity index (χ3n) is 4.39. The van der Waals surface area contributed by atoms with Crippen LogP contribution in [0.4, 0.5) is 10.5 Å². The normalized spacial score (nSPS) is 16.2. The standard InChI is InChI=1S/C20H32N2O3/c1-3-4-8-15-24-19-11-9-18(10-12-19)21-20(23)25-17(2)16-22-13-6-5-7-14-22/h9-12,17H,3-8,13-16H2,1-2H3,(H,21,23)/t17-/m1/s1. The molecule has 1 aromatic rings. The van der Waals surface area contributed by atoms with Crippen LogP contribution in [0.3, 0.4) is 0 Å². The molecule has 5 heteroatoms. The number of piperidine rings is 1. The van der Waals surface area contributed by atoms with E-state index < -0.39 is 6.09 Å². The van der Waals surface area contributed by atoms with Crippen LogP contribution in [0.25, 0.3) is 0 Å². The van der Waals surface area contributed by atoms with E-state index in [0.717, 1.165) is 44.1 Å². The molecule has 1 atom stereocenters. The number of ether oxygens (including phenoxy) is 2. The van der Waals surface area contributed by atoms with Gasteiger partial charge in [-0.25, -0.2) is 4.79 Å². The van der Waals surface area contributed by atoms with Crippen molar-refractivity contribution < 1.29 is 14.3 Å². The van der Waals surface area contributed by atoms with Crippen molar-refractivity contribution in [3.8, 4) is 5.75 Å². The van der Waals surface area contributed by atoms with Crippen LogP contribution in [0.1, 0.15) is 52.4 Å². The molecule has 1 heterocycles. The van der Waals surface area contributed by atoms with Crippen LogP contribution >= 0.6 is 0 Å². The number of amides is 1. The average molecular weight is 348 g/mol. The second-order valence-corrected chi connectivity index (χ2v) is 6.78. The quantitative estimate of drug-likeness (QED) is 0.658. The number of nitrogens with zero attached hydrogens (tertiary/aromatic N) is 1. The number of benzene rings is 1. The van der Waals surface area contributed by atoms with Crippen LogP contribution in [0.15, 0.2) is 24.3 Å². The zero-order chi connectivity index (χ0) is 17.9. The van der Waals surface area contributed by atoms with Gasteiger partial charge in [-0.1, -0.05) is 26.2 Å². The lowest BCUT2D eigenvalue weighted by Gasteiger charge is -2.28. The molecule has 5 nitrogen and oxygen atoms in total. The molecule has 0 aromatic heterocycles. The first-order valence-electron chi connectivity index (χ1n) is 9.60. The van der Waals surface area contributed by atoms with Gasteiger partial charge in [-0.3, -0.25) is 10.2 Å². The van der Waals surface area contributed by atoms with Crippen molar-refractivity contribution in [3.05, 3.63) is 24.3 Å². The number of unbranched alkanes of at least 4 members (excludes halogenated alkanes) is 2. The average Bonchev–Trinajstić information content (AvgIpc) is 2.61. The molecule has 0 saturated carbocycles. The van der Waals surface area contributed by atoms with Crippen molar-refractivity contribution in [2.24, 2.45) is 0 Å². The van der Waals surface area contributed by atoms with Gasteiger partial charge in [0, 0.05) is 12.2 Å². The summed E-state index contributed by atoms with van der Waals surface area (Å²) >= 11 is 0. The fraction of sp³-hybridized carbons (Fsp3) is 0.650. The Hall–Kier alpha value is -1.75. The summed E-state index contributed by atoms with van der Waals surface area (Å²) in [5.74, 6) is 0.827. The van der Waals surface area contributed by atoms with Crippen molar-refractivity contribution in [2.75, 3.05) is 31.6 Å². The Morgan fingerprint density at radius 2 is 1.88 bits per heavy atom. The fourth-order valence-electron chi connectivity index (χ4n) is 3.05. The number of nitrogens with one attached hydrogen (secondary N) is 1. The van der Waals surface area contributed by atoms with Crippen molar-refractivity contribution in [2.45, 2.75) is 58.5 Å². The molecular formula is C20H32N2O3. The maximum atomic E-state index is 12.0. The molecule has 0 unspecified atom stereocenters. The highest BCUT2D eigenvalue weighted by molar-refractivity contribution is 5.84. The minimum absolute atomic E-state index is 0.112. The molecule has 0 spiro atoms. The summed E-state index contributed by atoms with van der Waals surface area (Å²) in [6.07, 6.45) is 6.71. The lowest BCUT2D eigenvalue weighted by Crippen LogP contribution is -2.37. The monoisotopic (exact) mass is 348 g/mol. The topological polar surface area (TPSA) is 50.8 Å². The number of rotatable bonds is 9. The van der Waals surface area contributed by atoms with E-state index in [1.165, 1.54) is 32.1 Å². The molecule has 1 aliphatic rings. The second kappa shape index (κ2) is 11.0. The highest BCUT2D eigenvalue weighted by Crippen LogP contribution is 2.17. The van der Waals surface area contributed by atoms with Crippen molar-refractivity contribution in [3.63, 3.8) is 0 Å². The molecule has 0 aliphatic carbocycles. The number of anilines is 1. The summed E-state index contributed by atoms with van der Waals surface area (Å²) in [6, 6.07) is 7.43. The van der Waals surface area contributed by atoms with Crippen molar-refractivity contribution >= 4 is 11.8 Å². The number of carbonyl (C=O) groups excluding carboxylic acids is 1. The molecule has 1 saturated heterocycles. The van der Waals surface area contributed by atoms with Crippen LogP contribution in [-0.2, 0) is 4.74 Å². The van der Waals surface area contributed by atoms with E-state index in [1.54, 1.807) is 0 Å². The second-order valence-electron chi connectivity index (χ2n) is 6.78. The molecule has 2 rings (SSSR count). The molecule has 0 radical (unpaired) electrons. The Balaban J connectivity index is 1.68. The van der Waals surface area contributed by atoms with E-state index in [1.807, 2.05) is 31.2 Å². The van der Waals surface area contributed by atoms with E-state index in [4.69, 9.17) is 9.47 Å². The Morgan fingerprint density at radius 3 is 2.56 bits per heavy atom. The molecule has 1 aliphatic heterocycles.